The van der Waals surface area contributed by atoms with Gasteiger partial charge in [-0.3, -0.25) is 19.2 Å². The van der Waals surface area contributed by atoms with E-state index in [1.807, 2.05) is 18.2 Å². The number of hydrogen-bond acceptors (Lipinski definition) is 5. The Labute approximate surface area is 253 Å². The summed E-state index contributed by atoms with van der Waals surface area (Å²) in [7, 11) is 0. The van der Waals surface area contributed by atoms with Crippen LogP contribution >= 0.6 is 0 Å². The third-order valence-corrected chi connectivity index (χ3v) is 8.67. The normalized spacial score (nSPS) is 27.4. The van der Waals surface area contributed by atoms with Gasteiger partial charge in [-0.05, 0) is 79.0 Å². The molecule has 42 heavy (non-hydrogen) atoms. The van der Waals surface area contributed by atoms with Crippen molar-refractivity contribution in [3.05, 3.63) is 42.0 Å². The van der Waals surface area contributed by atoms with E-state index in [1.54, 1.807) is 13.0 Å². The van der Waals surface area contributed by atoms with Crippen molar-refractivity contribution in [1.82, 2.24) is 5.32 Å². The molecule has 0 saturated heterocycles. The zero-order valence-electron chi connectivity index (χ0n) is 27.4. The number of esters is 1. The lowest BCUT2D eigenvalue weighted by atomic mass is 9.51. The minimum atomic E-state index is -0.833. The molecule has 0 aromatic heterocycles. The molecule has 1 aromatic rings. The van der Waals surface area contributed by atoms with Crippen molar-refractivity contribution in [1.29, 1.82) is 0 Å². The monoisotopic (exact) mass is 586 g/mol. The largest absolute Gasteiger partial charge is 0.481 e. The second-order valence-corrected chi connectivity index (χ2v) is 13.0. The SMILES string of the molecule is CC(=O)Nc1cccc(C(C)(C)C)c1.CC(=O)O.CC1CCC2[C@H](CCC3NC(=O)C=C[C@]32C)C1C.CCOC(C)=O. The van der Waals surface area contributed by atoms with Gasteiger partial charge in [-0.15, -0.1) is 0 Å². The van der Waals surface area contributed by atoms with Crippen LogP contribution in [0, 0.1) is 29.1 Å². The molecule has 4 unspecified atom stereocenters. The summed E-state index contributed by atoms with van der Waals surface area (Å²) < 4.78 is 4.40. The van der Waals surface area contributed by atoms with Crippen LogP contribution in [0.1, 0.15) is 100 Å². The summed E-state index contributed by atoms with van der Waals surface area (Å²) in [5, 5.41) is 13.4. The summed E-state index contributed by atoms with van der Waals surface area (Å²) in [6, 6.07) is 8.33. The number of carbonyl (C=O) groups is 4. The van der Waals surface area contributed by atoms with Gasteiger partial charge in [0.2, 0.25) is 11.8 Å². The Balaban J connectivity index is 0.000000326. The molecule has 236 valence electrons. The number of ether oxygens (including phenoxy) is 1. The first-order valence-electron chi connectivity index (χ1n) is 15.1. The van der Waals surface area contributed by atoms with E-state index in [4.69, 9.17) is 9.90 Å². The van der Waals surface area contributed by atoms with Crippen LogP contribution < -0.4 is 10.6 Å². The van der Waals surface area contributed by atoms with Crippen molar-refractivity contribution in [2.24, 2.45) is 29.1 Å². The molecule has 1 aliphatic heterocycles. The van der Waals surface area contributed by atoms with E-state index in [2.05, 4.69) is 69.1 Å². The van der Waals surface area contributed by atoms with Gasteiger partial charge in [-0.1, -0.05) is 66.2 Å². The Hall–Kier alpha value is -3.16. The fraction of sp³-hybridized carbons (Fsp3) is 0.647. The molecule has 0 bridgehead atoms. The lowest BCUT2D eigenvalue weighted by molar-refractivity contribution is -0.140. The van der Waals surface area contributed by atoms with Crippen molar-refractivity contribution >= 4 is 29.4 Å². The van der Waals surface area contributed by atoms with Gasteiger partial charge in [0.15, 0.2) is 0 Å². The third kappa shape index (κ3) is 11.6. The van der Waals surface area contributed by atoms with E-state index in [0.717, 1.165) is 42.7 Å². The summed E-state index contributed by atoms with van der Waals surface area (Å²) in [6.45, 7) is 19.9. The van der Waals surface area contributed by atoms with Crippen LogP contribution in [0.2, 0.25) is 0 Å². The van der Waals surface area contributed by atoms with Crippen molar-refractivity contribution in [3.8, 4) is 0 Å². The molecule has 2 amide bonds. The first kappa shape index (κ1) is 36.9. The van der Waals surface area contributed by atoms with E-state index >= 15 is 0 Å². The van der Waals surface area contributed by atoms with Gasteiger partial charge >= 0.3 is 5.97 Å². The van der Waals surface area contributed by atoms with Crippen LogP contribution in [0.15, 0.2) is 36.4 Å². The lowest BCUT2D eigenvalue weighted by Crippen LogP contribution is -2.58. The maximum absolute atomic E-state index is 11.5. The van der Waals surface area contributed by atoms with Crippen LogP contribution in [0.25, 0.3) is 0 Å². The van der Waals surface area contributed by atoms with E-state index in [9.17, 15) is 14.4 Å². The maximum atomic E-state index is 11.5. The molecule has 8 nitrogen and oxygen atoms in total. The number of nitrogens with one attached hydrogen (secondary N) is 2. The Morgan fingerprint density at radius 2 is 1.69 bits per heavy atom. The quantitative estimate of drug-likeness (QED) is 0.330. The number of carbonyl (C=O) groups excluding carboxylic acids is 3. The molecule has 1 heterocycles. The fourth-order valence-corrected chi connectivity index (χ4v) is 6.29. The topological polar surface area (TPSA) is 122 Å². The molecule has 2 fully saturated rings. The minimum absolute atomic E-state index is 0.0314. The lowest BCUT2D eigenvalue weighted by Gasteiger charge is -2.56. The molecular formula is C34H54N2O6. The number of amides is 2. The number of carboxylic acid groups (broad SMARTS) is 1. The van der Waals surface area contributed by atoms with Crippen molar-refractivity contribution in [2.45, 2.75) is 106 Å². The number of hydrogen-bond donors (Lipinski definition) is 3. The van der Waals surface area contributed by atoms with E-state index in [0.29, 0.717) is 12.6 Å². The Bertz CT molecular complexity index is 1090. The van der Waals surface area contributed by atoms with E-state index in [-0.39, 0.29) is 28.6 Å². The minimum Gasteiger partial charge on any atom is -0.481 e. The summed E-state index contributed by atoms with van der Waals surface area (Å²) in [6.07, 6.45) is 9.13. The van der Waals surface area contributed by atoms with Crippen molar-refractivity contribution in [3.63, 3.8) is 0 Å². The smallest absolute Gasteiger partial charge is 0.302 e. The van der Waals surface area contributed by atoms with Gasteiger partial charge in [0.25, 0.3) is 5.97 Å². The second kappa shape index (κ2) is 16.5. The summed E-state index contributed by atoms with van der Waals surface area (Å²) in [4.78, 5) is 41.2. The molecule has 3 N–H and O–H groups in total. The molecule has 6 atom stereocenters. The predicted molar refractivity (Wildman–Crippen MR) is 168 cm³/mol. The number of fused-ring (bicyclic) bond motifs is 3. The van der Waals surface area contributed by atoms with Crippen molar-refractivity contribution in [2.75, 3.05) is 11.9 Å². The zero-order chi connectivity index (χ0) is 32.3. The Morgan fingerprint density at radius 1 is 1.07 bits per heavy atom. The number of benzene rings is 1. The Morgan fingerprint density at radius 3 is 2.19 bits per heavy atom. The van der Waals surface area contributed by atoms with Crippen LogP contribution in [-0.2, 0) is 29.3 Å². The van der Waals surface area contributed by atoms with Crippen molar-refractivity contribution < 1.29 is 29.0 Å². The fourth-order valence-electron chi connectivity index (χ4n) is 6.29. The van der Waals surface area contributed by atoms with Gasteiger partial charge in [0.1, 0.15) is 0 Å². The highest BCUT2D eigenvalue weighted by Gasteiger charge is 2.51. The van der Waals surface area contributed by atoms with Gasteiger partial charge in [0, 0.05) is 37.9 Å². The highest BCUT2D eigenvalue weighted by molar-refractivity contribution is 5.89. The highest BCUT2D eigenvalue weighted by Crippen LogP contribution is 2.55. The van der Waals surface area contributed by atoms with E-state index in [1.165, 1.54) is 38.7 Å². The molecule has 2 aliphatic carbocycles. The molecule has 3 aliphatic rings. The summed E-state index contributed by atoms with van der Waals surface area (Å²) in [5.41, 5.74) is 2.41. The zero-order valence-corrected chi connectivity index (χ0v) is 27.4. The standard InChI is InChI=1S/C16H25NO.C12H17NO.C4H8O2.C2H4O2/c1-10-4-6-13-12(11(10)2)5-7-14-16(13,3)9-8-15(18)17-14;1-9(14)13-11-7-5-6-10(8-11)12(2,3)4;1-3-6-4(2)5;1-2(3)4/h8-14H,4-7H2,1-3H3,(H,17,18);5-8H,1-4H3,(H,13,14);3H2,1-2H3;1H3,(H,3,4)/t10?,11?,12-,13?,14?,16+;;;/m1.../s1. The van der Waals surface area contributed by atoms with Crippen LogP contribution in [-0.4, -0.2) is 41.5 Å². The molecule has 0 radical (unpaired) electrons. The molecule has 2 saturated carbocycles. The van der Waals surface area contributed by atoms with E-state index < -0.39 is 5.97 Å². The Kier molecular flexibility index (Phi) is 14.5. The summed E-state index contributed by atoms with van der Waals surface area (Å²) in [5.74, 6) is 2.36. The van der Waals surface area contributed by atoms with Crippen LogP contribution in [0.3, 0.4) is 0 Å². The van der Waals surface area contributed by atoms with Gasteiger partial charge in [-0.25, -0.2) is 0 Å². The molecule has 4 rings (SSSR count). The molecule has 1 aromatic carbocycles. The first-order chi connectivity index (χ1) is 19.4. The number of aliphatic carboxylic acids is 1. The molecule has 8 heteroatoms. The van der Waals surface area contributed by atoms with Crippen LogP contribution in [0.4, 0.5) is 5.69 Å². The first-order valence-corrected chi connectivity index (χ1v) is 15.1. The predicted octanol–water partition coefficient (Wildman–Crippen LogP) is 6.74. The number of carboxylic acids is 1. The summed E-state index contributed by atoms with van der Waals surface area (Å²) >= 11 is 0. The average Bonchev–Trinajstić information content (AvgIpc) is 2.86. The van der Waals surface area contributed by atoms with Crippen LogP contribution in [0.5, 0.6) is 0 Å². The number of anilines is 1. The molecule has 0 spiro atoms. The number of rotatable bonds is 2. The van der Waals surface area contributed by atoms with Gasteiger partial charge < -0.3 is 20.5 Å². The van der Waals surface area contributed by atoms with Gasteiger partial charge in [-0.2, -0.15) is 0 Å². The maximum Gasteiger partial charge on any atom is 0.302 e. The third-order valence-electron chi connectivity index (χ3n) is 8.67. The highest BCUT2D eigenvalue weighted by atomic mass is 16.5. The van der Waals surface area contributed by atoms with Gasteiger partial charge in [0.05, 0.1) is 6.61 Å². The second-order valence-electron chi connectivity index (χ2n) is 13.0. The molecular weight excluding hydrogens is 532 g/mol. The average molecular weight is 587 g/mol.